The molecule has 0 saturated heterocycles. The second kappa shape index (κ2) is 5.20. The lowest BCUT2D eigenvalue weighted by Crippen LogP contribution is -2.04. The molecule has 0 spiro atoms. The van der Waals surface area contributed by atoms with E-state index in [1.165, 1.54) is 12.1 Å². The highest BCUT2D eigenvalue weighted by Gasteiger charge is 2.17. The predicted octanol–water partition coefficient (Wildman–Crippen LogP) is 4.47. The molecule has 1 heterocycles. The van der Waals surface area contributed by atoms with Gasteiger partial charge in [0.1, 0.15) is 11.6 Å². The minimum Gasteiger partial charge on any atom is -0.388 e. The first-order valence-electron chi connectivity index (χ1n) is 7.06. The Bertz CT molecular complexity index is 790. The van der Waals surface area contributed by atoms with Gasteiger partial charge in [-0.1, -0.05) is 12.1 Å². The third-order valence-electron chi connectivity index (χ3n) is 3.61. The molecular formula is C17H18FN3. The molecule has 0 amide bonds. The average Bonchev–Trinajstić information content (AvgIpc) is 2.85. The first-order chi connectivity index (χ1) is 10.1. The number of nitrogens with one attached hydrogen (secondary N) is 1. The van der Waals surface area contributed by atoms with Gasteiger partial charge >= 0.3 is 0 Å². The van der Waals surface area contributed by atoms with Crippen LogP contribution in [0, 0.1) is 5.82 Å². The SMILES string of the molecule is CNc1ccccc1-c1nc2cc(F)ccc2n1C(C)C. The maximum atomic E-state index is 13.5. The number of aromatic nitrogens is 2. The Morgan fingerprint density at radius 3 is 2.62 bits per heavy atom. The van der Waals surface area contributed by atoms with E-state index in [0.717, 1.165) is 22.6 Å². The van der Waals surface area contributed by atoms with Crippen LogP contribution < -0.4 is 5.32 Å². The molecule has 0 saturated carbocycles. The molecule has 3 rings (SSSR count). The zero-order valence-electron chi connectivity index (χ0n) is 12.4. The molecule has 21 heavy (non-hydrogen) atoms. The van der Waals surface area contributed by atoms with Gasteiger partial charge in [-0.3, -0.25) is 0 Å². The quantitative estimate of drug-likeness (QED) is 0.769. The highest BCUT2D eigenvalue weighted by atomic mass is 19.1. The van der Waals surface area contributed by atoms with E-state index in [-0.39, 0.29) is 11.9 Å². The molecule has 0 aliphatic heterocycles. The van der Waals surface area contributed by atoms with Gasteiger partial charge < -0.3 is 9.88 Å². The molecule has 0 atom stereocenters. The lowest BCUT2D eigenvalue weighted by molar-refractivity contribution is 0.620. The normalized spacial score (nSPS) is 11.3. The summed E-state index contributed by atoms with van der Waals surface area (Å²) in [6, 6.07) is 13.0. The smallest absolute Gasteiger partial charge is 0.143 e. The van der Waals surface area contributed by atoms with E-state index in [0.29, 0.717) is 5.52 Å². The fourth-order valence-electron chi connectivity index (χ4n) is 2.68. The highest BCUT2D eigenvalue weighted by molar-refractivity contribution is 5.84. The van der Waals surface area contributed by atoms with Gasteiger partial charge in [-0.25, -0.2) is 9.37 Å². The Balaban J connectivity index is 2.33. The van der Waals surface area contributed by atoms with Crippen LogP contribution in [0.25, 0.3) is 22.4 Å². The van der Waals surface area contributed by atoms with Crippen LogP contribution in [0.3, 0.4) is 0 Å². The first kappa shape index (κ1) is 13.6. The van der Waals surface area contributed by atoms with Crippen molar-refractivity contribution in [3.05, 3.63) is 48.3 Å². The van der Waals surface area contributed by atoms with Crippen molar-refractivity contribution in [3.8, 4) is 11.4 Å². The van der Waals surface area contributed by atoms with Gasteiger partial charge in [0.2, 0.25) is 0 Å². The van der Waals surface area contributed by atoms with Gasteiger partial charge in [0, 0.05) is 30.4 Å². The zero-order chi connectivity index (χ0) is 15.0. The third kappa shape index (κ3) is 2.27. The van der Waals surface area contributed by atoms with Gasteiger partial charge in [-0.05, 0) is 38.1 Å². The maximum absolute atomic E-state index is 13.5. The Hall–Kier alpha value is -2.36. The molecule has 108 valence electrons. The van der Waals surface area contributed by atoms with Crippen LogP contribution >= 0.6 is 0 Å². The van der Waals surface area contributed by atoms with Gasteiger partial charge in [0.05, 0.1) is 11.0 Å². The Kier molecular flexibility index (Phi) is 3.37. The summed E-state index contributed by atoms with van der Waals surface area (Å²) in [5.74, 6) is 0.597. The van der Waals surface area contributed by atoms with E-state index in [1.54, 1.807) is 6.07 Å². The largest absolute Gasteiger partial charge is 0.388 e. The number of rotatable bonds is 3. The number of benzene rings is 2. The molecule has 2 aromatic carbocycles. The topological polar surface area (TPSA) is 29.9 Å². The van der Waals surface area contributed by atoms with Crippen molar-refractivity contribution >= 4 is 16.7 Å². The van der Waals surface area contributed by atoms with Gasteiger partial charge in [-0.15, -0.1) is 0 Å². The molecule has 4 heteroatoms. The summed E-state index contributed by atoms with van der Waals surface area (Å²) >= 11 is 0. The molecule has 0 bridgehead atoms. The van der Waals surface area contributed by atoms with Crippen LogP contribution in [0.4, 0.5) is 10.1 Å². The average molecular weight is 283 g/mol. The summed E-state index contributed by atoms with van der Waals surface area (Å²) in [5, 5.41) is 3.19. The molecule has 0 aliphatic rings. The third-order valence-corrected chi connectivity index (χ3v) is 3.61. The lowest BCUT2D eigenvalue weighted by Gasteiger charge is -2.15. The molecule has 0 aliphatic carbocycles. The number of fused-ring (bicyclic) bond motifs is 1. The summed E-state index contributed by atoms with van der Waals surface area (Å²) in [6.45, 7) is 4.21. The van der Waals surface area contributed by atoms with E-state index in [2.05, 4.69) is 28.7 Å². The molecule has 1 N–H and O–H groups in total. The van der Waals surface area contributed by atoms with Crippen LogP contribution in [-0.2, 0) is 0 Å². The summed E-state index contributed by atoms with van der Waals surface area (Å²) in [7, 11) is 1.89. The van der Waals surface area contributed by atoms with Crippen LogP contribution in [0.1, 0.15) is 19.9 Å². The van der Waals surface area contributed by atoms with Crippen molar-refractivity contribution in [1.82, 2.24) is 9.55 Å². The minimum atomic E-state index is -0.260. The number of halogens is 1. The molecule has 1 aromatic heterocycles. The van der Waals surface area contributed by atoms with Crippen molar-refractivity contribution in [1.29, 1.82) is 0 Å². The minimum absolute atomic E-state index is 0.236. The molecule has 3 aromatic rings. The Morgan fingerprint density at radius 1 is 1.14 bits per heavy atom. The van der Waals surface area contributed by atoms with Crippen molar-refractivity contribution in [2.24, 2.45) is 0 Å². The van der Waals surface area contributed by atoms with Gasteiger partial charge in [0.25, 0.3) is 0 Å². The van der Waals surface area contributed by atoms with Crippen LogP contribution in [-0.4, -0.2) is 16.6 Å². The van der Waals surface area contributed by atoms with Crippen molar-refractivity contribution in [3.63, 3.8) is 0 Å². The van der Waals surface area contributed by atoms with Crippen LogP contribution in [0.5, 0.6) is 0 Å². The van der Waals surface area contributed by atoms with E-state index in [9.17, 15) is 4.39 Å². The van der Waals surface area contributed by atoms with Crippen molar-refractivity contribution in [2.45, 2.75) is 19.9 Å². The number of anilines is 1. The number of nitrogens with zero attached hydrogens (tertiary/aromatic N) is 2. The molecular weight excluding hydrogens is 265 g/mol. The Labute approximate surface area is 123 Å². The Morgan fingerprint density at radius 2 is 1.90 bits per heavy atom. The maximum Gasteiger partial charge on any atom is 0.143 e. The van der Waals surface area contributed by atoms with Crippen molar-refractivity contribution in [2.75, 3.05) is 12.4 Å². The second-order valence-electron chi connectivity index (χ2n) is 5.33. The van der Waals surface area contributed by atoms with E-state index in [4.69, 9.17) is 0 Å². The van der Waals surface area contributed by atoms with Crippen LogP contribution in [0.15, 0.2) is 42.5 Å². The second-order valence-corrected chi connectivity index (χ2v) is 5.33. The van der Waals surface area contributed by atoms with E-state index >= 15 is 0 Å². The number of para-hydroxylation sites is 1. The summed E-state index contributed by atoms with van der Waals surface area (Å²) < 4.78 is 15.6. The van der Waals surface area contributed by atoms with Crippen molar-refractivity contribution < 1.29 is 4.39 Å². The number of imidazole rings is 1. The predicted molar refractivity (Wildman–Crippen MR) is 85.1 cm³/mol. The van der Waals surface area contributed by atoms with E-state index < -0.39 is 0 Å². The molecule has 0 radical (unpaired) electrons. The molecule has 3 nitrogen and oxygen atoms in total. The fraction of sp³-hybridized carbons (Fsp3) is 0.235. The van der Waals surface area contributed by atoms with Gasteiger partial charge in [-0.2, -0.15) is 0 Å². The fourth-order valence-corrected chi connectivity index (χ4v) is 2.68. The standard InChI is InChI=1S/C17H18FN3/c1-11(2)21-16-9-8-12(18)10-15(16)20-17(21)13-6-4-5-7-14(13)19-3/h4-11,19H,1-3H3. The monoisotopic (exact) mass is 283 g/mol. The van der Waals surface area contributed by atoms with Gasteiger partial charge in [0.15, 0.2) is 0 Å². The number of hydrogen-bond acceptors (Lipinski definition) is 2. The number of hydrogen-bond donors (Lipinski definition) is 1. The van der Waals surface area contributed by atoms with E-state index in [1.807, 2.05) is 31.3 Å². The lowest BCUT2D eigenvalue weighted by atomic mass is 10.1. The first-order valence-corrected chi connectivity index (χ1v) is 7.06. The summed E-state index contributed by atoms with van der Waals surface area (Å²) in [5.41, 5.74) is 3.66. The summed E-state index contributed by atoms with van der Waals surface area (Å²) in [4.78, 5) is 4.66. The molecule has 0 unspecified atom stereocenters. The summed E-state index contributed by atoms with van der Waals surface area (Å²) in [6.07, 6.45) is 0. The zero-order valence-corrected chi connectivity index (χ0v) is 12.4. The van der Waals surface area contributed by atoms with Crippen LogP contribution in [0.2, 0.25) is 0 Å². The highest BCUT2D eigenvalue weighted by Crippen LogP contribution is 2.32. The molecule has 0 fully saturated rings.